The molecule has 0 spiro atoms. The van der Waals surface area contributed by atoms with Gasteiger partial charge in [-0.05, 0) is 18.6 Å². The smallest absolute Gasteiger partial charge is 0.274 e. The van der Waals surface area contributed by atoms with E-state index < -0.39 is 0 Å². The molecule has 21 heavy (non-hydrogen) atoms. The summed E-state index contributed by atoms with van der Waals surface area (Å²) in [5, 5.41) is 9.58. The van der Waals surface area contributed by atoms with Crippen LogP contribution >= 0.6 is 0 Å². The molecule has 0 atom stereocenters. The van der Waals surface area contributed by atoms with Crippen LogP contribution in [0.5, 0.6) is 0 Å². The number of nitrogens with one attached hydrogen (secondary N) is 2. The Balaban J connectivity index is 1.86. The fraction of sp³-hybridized carbons (Fsp3) is 0.333. The number of likely N-dealkylation sites (N-methyl/N-ethyl adjacent to an activating group) is 1. The number of amides is 1. The lowest BCUT2D eigenvalue weighted by Crippen LogP contribution is -2.33. The average molecular weight is 287 g/mol. The molecule has 0 saturated heterocycles. The summed E-state index contributed by atoms with van der Waals surface area (Å²) >= 11 is 0. The molecule has 1 aromatic carbocycles. The Kier molecular flexibility index (Phi) is 4.81. The summed E-state index contributed by atoms with van der Waals surface area (Å²) in [6, 6.07) is 10.0. The fourth-order valence-electron chi connectivity index (χ4n) is 2.06. The van der Waals surface area contributed by atoms with Crippen LogP contribution in [-0.2, 0) is 6.42 Å². The van der Waals surface area contributed by atoms with E-state index >= 15 is 0 Å². The summed E-state index contributed by atoms with van der Waals surface area (Å²) in [7, 11) is 1.99. The molecule has 0 aliphatic rings. The van der Waals surface area contributed by atoms with Gasteiger partial charge in [0.1, 0.15) is 0 Å². The molecular formula is C15H21N5O. The Morgan fingerprint density at radius 2 is 2.10 bits per heavy atom. The summed E-state index contributed by atoms with van der Waals surface area (Å²) in [5.41, 5.74) is 8.48. The number of anilines is 2. The van der Waals surface area contributed by atoms with Crippen LogP contribution in [0.2, 0.25) is 0 Å². The summed E-state index contributed by atoms with van der Waals surface area (Å²) in [6.07, 6.45) is 0.725. The zero-order valence-electron chi connectivity index (χ0n) is 12.4. The second kappa shape index (κ2) is 6.78. The van der Waals surface area contributed by atoms with Crippen LogP contribution in [0, 0.1) is 0 Å². The van der Waals surface area contributed by atoms with Crippen molar-refractivity contribution in [1.82, 2.24) is 15.5 Å². The highest BCUT2D eigenvalue weighted by molar-refractivity contribution is 5.97. The minimum Gasteiger partial charge on any atom is -0.395 e. The van der Waals surface area contributed by atoms with Crippen LogP contribution < -0.4 is 16.0 Å². The maximum absolute atomic E-state index is 12.0. The molecule has 0 aliphatic heterocycles. The Morgan fingerprint density at radius 3 is 2.71 bits per heavy atom. The molecule has 0 saturated carbocycles. The minimum absolute atomic E-state index is 0.245. The number of aromatic nitrogens is 2. The number of aromatic amines is 1. The zero-order chi connectivity index (χ0) is 15.2. The van der Waals surface area contributed by atoms with Gasteiger partial charge in [0, 0.05) is 25.8 Å². The molecule has 4 N–H and O–H groups in total. The number of nitrogens with zero attached hydrogens (tertiary/aromatic N) is 2. The maximum atomic E-state index is 12.0. The molecule has 2 rings (SSSR count). The van der Waals surface area contributed by atoms with Crippen LogP contribution in [0.4, 0.5) is 11.4 Å². The zero-order valence-corrected chi connectivity index (χ0v) is 12.4. The summed E-state index contributed by atoms with van der Waals surface area (Å²) < 4.78 is 0. The van der Waals surface area contributed by atoms with Crippen LogP contribution in [-0.4, -0.2) is 36.2 Å². The lowest BCUT2D eigenvalue weighted by molar-refractivity contribution is 0.0950. The number of H-pyrrole nitrogens is 1. The van der Waals surface area contributed by atoms with Gasteiger partial charge in [0.15, 0.2) is 5.69 Å². The van der Waals surface area contributed by atoms with Crippen molar-refractivity contribution in [3.8, 4) is 0 Å². The van der Waals surface area contributed by atoms with Gasteiger partial charge in [0.05, 0.1) is 11.4 Å². The average Bonchev–Trinajstić information content (AvgIpc) is 2.88. The molecule has 0 aliphatic carbocycles. The van der Waals surface area contributed by atoms with E-state index in [1.807, 2.05) is 44.3 Å². The topological polar surface area (TPSA) is 87.0 Å². The van der Waals surface area contributed by atoms with Crippen LogP contribution in [0.1, 0.15) is 23.1 Å². The molecular weight excluding hydrogens is 266 g/mol. The number of carbonyl (C=O) groups excluding carboxylic acids is 1. The Labute approximate surface area is 124 Å². The molecule has 0 unspecified atom stereocenters. The highest BCUT2D eigenvalue weighted by Gasteiger charge is 2.15. The largest absolute Gasteiger partial charge is 0.395 e. The highest BCUT2D eigenvalue weighted by Crippen LogP contribution is 2.14. The number of aryl methyl sites for hydroxylation is 1. The lowest BCUT2D eigenvalue weighted by atomic mass is 10.2. The summed E-state index contributed by atoms with van der Waals surface area (Å²) in [5.74, 6) is -0.245. The Morgan fingerprint density at radius 1 is 1.38 bits per heavy atom. The SMILES string of the molecule is CCc1[nH]nc(C(=O)NCCN(C)c2ccccc2)c1N. The van der Waals surface area contributed by atoms with Crippen LogP contribution in [0.25, 0.3) is 0 Å². The third-order valence-electron chi connectivity index (χ3n) is 3.38. The maximum Gasteiger partial charge on any atom is 0.274 e. The van der Waals surface area contributed by atoms with Crippen molar-refractivity contribution in [3.05, 3.63) is 41.7 Å². The van der Waals surface area contributed by atoms with Gasteiger partial charge in [-0.1, -0.05) is 25.1 Å². The number of hydrogen-bond acceptors (Lipinski definition) is 4. The summed E-state index contributed by atoms with van der Waals surface area (Å²) in [4.78, 5) is 14.1. The quantitative estimate of drug-likeness (QED) is 0.750. The molecule has 1 heterocycles. The van der Waals surface area contributed by atoms with E-state index in [2.05, 4.69) is 20.4 Å². The molecule has 1 aromatic heterocycles. The van der Waals surface area contributed by atoms with Gasteiger partial charge >= 0.3 is 0 Å². The number of para-hydroxylation sites is 1. The number of nitrogens with two attached hydrogens (primary N) is 1. The first-order chi connectivity index (χ1) is 10.1. The van der Waals surface area contributed by atoms with Gasteiger partial charge < -0.3 is 16.0 Å². The van der Waals surface area contributed by atoms with E-state index in [4.69, 9.17) is 5.73 Å². The first-order valence-electron chi connectivity index (χ1n) is 7.00. The highest BCUT2D eigenvalue weighted by atomic mass is 16.1. The first kappa shape index (κ1) is 14.9. The molecule has 112 valence electrons. The van der Waals surface area contributed by atoms with E-state index in [1.54, 1.807) is 0 Å². The lowest BCUT2D eigenvalue weighted by Gasteiger charge is -2.19. The minimum atomic E-state index is -0.245. The molecule has 6 nitrogen and oxygen atoms in total. The second-order valence-corrected chi connectivity index (χ2v) is 4.83. The number of carbonyl (C=O) groups is 1. The van der Waals surface area contributed by atoms with Crippen molar-refractivity contribution in [2.75, 3.05) is 30.8 Å². The van der Waals surface area contributed by atoms with E-state index in [1.165, 1.54) is 0 Å². The van der Waals surface area contributed by atoms with Gasteiger partial charge in [0.2, 0.25) is 0 Å². The second-order valence-electron chi connectivity index (χ2n) is 4.83. The van der Waals surface area contributed by atoms with Gasteiger partial charge in [-0.15, -0.1) is 0 Å². The standard InChI is InChI=1S/C15H21N5O/c1-3-12-13(16)14(19-18-12)15(21)17-9-10-20(2)11-7-5-4-6-8-11/h4-8H,3,9-10,16H2,1-2H3,(H,17,21)(H,18,19). The van der Waals surface area contributed by atoms with E-state index in [0.717, 1.165) is 17.8 Å². The third kappa shape index (κ3) is 3.53. The van der Waals surface area contributed by atoms with Gasteiger partial charge in [-0.3, -0.25) is 9.89 Å². The third-order valence-corrected chi connectivity index (χ3v) is 3.38. The Hall–Kier alpha value is -2.50. The predicted octanol–water partition coefficient (Wildman–Crippen LogP) is 1.42. The normalized spacial score (nSPS) is 10.4. The Bertz CT molecular complexity index is 593. The number of hydrogen-bond donors (Lipinski definition) is 3. The van der Waals surface area contributed by atoms with Crippen LogP contribution in [0.3, 0.4) is 0 Å². The molecule has 0 radical (unpaired) electrons. The number of rotatable bonds is 6. The van der Waals surface area contributed by atoms with Gasteiger partial charge in [0.25, 0.3) is 5.91 Å². The van der Waals surface area contributed by atoms with Crippen molar-refractivity contribution in [1.29, 1.82) is 0 Å². The monoisotopic (exact) mass is 287 g/mol. The molecule has 1 amide bonds. The van der Waals surface area contributed by atoms with Crippen molar-refractivity contribution >= 4 is 17.3 Å². The summed E-state index contributed by atoms with van der Waals surface area (Å²) in [6.45, 7) is 3.19. The van der Waals surface area contributed by atoms with Crippen molar-refractivity contribution in [2.45, 2.75) is 13.3 Å². The van der Waals surface area contributed by atoms with Gasteiger partial charge in [-0.2, -0.15) is 5.10 Å². The van der Waals surface area contributed by atoms with Crippen molar-refractivity contribution in [2.24, 2.45) is 0 Å². The molecule has 0 fully saturated rings. The number of benzene rings is 1. The van der Waals surface area contributed by atoms with E-state index in [-0.39, 0.29) is 11.6 Å². The van der Waals surface area contributed by atoms with Crippen molar-refractivity contribution < 1.29 is 4.79 Å². The fourth-order valence-corrected chi connectivity index (χ4v) is 2.06. The predicted molar refractivity (Wildman–Crippen MR) is 84.4 cm³/mol. The molecule has 6 heteroatoms. The molecule has 2 aromatic rings. The van der Waals surface area contributed by atoms with E-state index in [0.29, 0.717) is 18.8 Å². The van der Waals surface area contributed by atoms with Crippen LogP contribution in [0.15, 0.2) is 30.3 Å². The number of nitrogen functional groups attached to an aromatic ring is 1. The molecule has 0 bridgehead atoms. The first-order valence-corrected chi connectivity index (χ1v) is 7.00. The van der Waals surface area contributed by atoms with E-state index in [9.17, 15) is 4.79 Å². The van der Waals surface area contributed by atoms with Crippen molar-refractivity contribution in [3.63, 3.8) is 0 Å². The van der Waals surface area contributed by atoms with Gasteiger partial charge in [-0.25, -0.2) is 0 Å².